The van der Waals surface area contributed by atoms with Gasteiger partial charge in [0.15, 0.2) is 0 Å². The molecule has 2 nitrogen and oxygen atoms in total. The summed E-state index contributed by atoms with van der Waals surface area (Å²) >= 11 is 0. The van der Waals surface area contributed by atoms with Crippen molar-refractivity contribution in [3.8, 4) is 5.75 Å². The van der Waals surface area contributed by atoms with Gasteiger partial charge in [0.05, 0.1) is 0 Å². The van der Waals surface area contributed by atoms with Gasteiger partial charge >= 0.3 is 0 Å². The molecular weight excluding hydrogens is 198 g/mol. The Morgan fingerprint density at radius 3 is 3.00 bits per heavy atom. The topological polar surface area (TPSA) is 21.3 Å². The highest BCUT2D eigenvalue weighted by Crippen LogP contribution is 2.38. The fourth-order valence-corrected chi connectivity index (χ4v) is 2.91. The number of nitrogens with one attached hydrogen (secondary N) is 1. The summed E-state index contributed by atoms with van der Waals surface area (Å²) in [6.07, 6.45) is 5.96. The summed E-state index contributed by atoms with van der Waals surface area (Å²) in [5, 5.41) is 3.46. The fraction of sp³-hybridized carbons (Fsp3) is 0.571. The van der Waals surface area contributed by atoms with Crippen LogP contribution in [0.25, 0.3) is 0 Å². The van der Waals surface area contributed by atoms with E-state index in [2.05, 4.69) is 29.6 Å². The molecule has 0 saturated carbocycles. The zero-order valence-corrected chi connectivity index (χ0v) is 9.67. The smallest absolute Gasteiger partial charge is 0.123 e. The third-order valence-corrected chi connectivity index (χ3v) is 3.89. The fourth-order valence-electron chi connectivity index (χ4n) is 2.91. The van der Waals surface area contributed by atoms with Gasteiger partial charge < -0.3 is 10.1 Å². The first-order valence-electron chi connectivity index (χ1n) is 6.36. The van der Waals surface area contributed by atoms with Crippen LogP contribution in [-0.2, 0) is 6.42 Å². The van der Waals surface area contributed by atoms with Crippen molar-refractivity contribution in [2.75, 3.05) is 13.1 Å². The second-order valence-electron chi connectivity index (χ2n) is 5.00. The highest BCUT2D eigenvalue weighted by atomic mass is 16.5. The van der Waals surface area contributed by atoms with Crippen molar-refractivity contribution < 1.29 is 4.74 Å². The van der Waals surface area contributed by atoms with Crippen molar-refractivity contribution >= 4 is 0 Å². The molecule has 0 aromatic heterocycles. The van der Waals surface area contributed by atoms with Crippen LogP contribution in [0.3, 0.4) is 0 Å². The molecule has 3 rings (SSSR count). The van der Waals surface area contributed by atoms with Crippen molar-refractivity contribution in [3.05, 3.63) is 29.8 Å². The van der Waals surface area contributed by atoms with E-state index in [0.717, 1.165) is 25.3 Å². The molecule has 1 spiro atoms. The van der Waals surface area contributed by atoms with Crippen LogP contribution < -0.4 is 10.1 Å². The van der Waals surface area contributed by atoms with Crippen LogP contribution in [0.4, 0.5) is 0 Å². The maximum absolute atomic E-state index is 6.30. The third kappa shape index (κ3) is 1.82. The summed E-state index contributed by atoms with van der Waals surface area (Å²) in [7, 11) is 0. The predicted molar refractivity (Wildman–Crippen MR) is 64.8 cm³/mol. The second-order valence-corrected chi connectivity index (χ2v) is 5.00. The molecule has 2 heterocycles. The van der Waals surface area contributed by atoms with Gasteiger partial charge in [-0.25, -0.2) is 0 Å². The van der Waals surface area contributed by atoms with E-state index in [9.17, 15) is 0 Å². The summed E-state index contributed by atoms with van der Waals surface area (Å²) in [6.45, 7) is 2.24. The molecule has 0 radical (unpaired) electrons. The van der Waals surface area contributed by atoms with E-state index in [4.69, 9.17) is 4.74 Å². The Morgan fingerprint density at radius 2 is 2.00 bits per heavy atom. The van der Waals surface area contributed by atoms with E-state index < -0.39 is 0 Å². The van der Waals surface area contributed by atoms with E-state index in [1.54, 1.807) is 0 Å². The van der Waals surface area contributed by atoms with Gasteiger partial charge in [-0.3, -0.25) is 0 Å². The van der Waals surface area contributed by atoms with Gasteiger partial charge in [-0.2, -0.15) is 0 Å². The van der Waals surface area contributed by atoms with Crippen molar-refractivity contribution in [3.63, 3.8) is 0 Å². The summed E-state index contributed by atoms with van der Waals surface area (Å²) in [5.74, 6) is 1.12. The Kier molecular flexibility index (Phi) is 2.60. The summed E-state index contributed by atoms with van der Waals surface area (Å²) in [6, 6.07) is 8.49. The molecule has 0 unspecified atom stereocenters. The van der Waals surface area contributed by atoms with Crippen molar-refractivity contribution in [1.82, 2.24) is 5.32 Å². The molecule has 1 N–H and O–H groups in total. The van der Waals surface area contributed by atoms with Crippen molar-refractivity contribution in [2.45, 2.75) is 37.7 Å². The molecule has 2 heteroatoms. The summed E-state index contributed by atoms with van der Waals surface area (Å²) in [4.78, 5) is 0. The Labute approximate surface area is 97.0 Å². The highest BCUT2D eigenvalue weighted by molar-refractivity contribution is 5.36. The largest absolute Gasteiger partial charge is 0.487 e. The molecule has 1 aromatic carbocycles. The number of ether oxygens (including phenoxy) is 1. The SMILES string of the molecule is c1ccc2c(c1)CC[C@@]1(CCCNCC1)O2. The summed E-state index contributed by atoms with van der Waals surface area (Å²) < 4.78 is 6.30. The van der Waals surface area contributed by atoms with Gasteiger partial charge in [0, 0.05) is 0 Å². The molecule has 0 aliphatic carbocycles. The molecule has 1 saturated heterocycles. The molecule has 0 bridgehead atoms. The number of fused-ring (bicyclic) bond motifs is 1. The lowest BCUT2D eigenvalue weighted by Gasteiger charge is -2.38. The molecule has 1 aromatic rings. The predicted octanol–water partition coefficient (Wildman–Crippen LogP) is 2.52. The lowest BCUT2D eigenvalue weighted by atomic mass is 9.85. The standard InChI is InChI=1S/C14H19NO/c1-2-5-13-12(4-1)6-8-14(16-13)7-3-10-15-11-9-14/h1-2,4-5,15H,3,6-11H2/t14-/m1/s1. The molecular formula is C14H19NO. The van der Waals surface area contributed by atoms with E-state index in [1.807, 2.05) is 0 Å². The van der Waals surface area contributed by atoms with Crippen LogP contribution in [-0.4, -0.2) is 18.7 Å². The highest BCUT2D eigenvalue weighted by Gasteiger charge is 2.36. The van der Waals surface area contributed by atoms with Crippen molar-refractivity contribution in [2.24, 2.45) is 0 Å². The minimum Gasteiger partial charge on any atom is -0.487 e. The molecule has 86 valence electrons. The Bertz CT molecular complexity index is 367. The van der Waals surface area contributed by atoms with Gasteiger partial charge in [-0.1, -0.05) is 18.2 Å². The number of aryl methyl sites for hydroxylation is 1. The van der Waals surface area contributed by atoms with Crippen LogP contribution >= 0.6 is 0 Å². The van der Waals surface area contributed by atoms with Crippen LogP contribution in [0.1, 0.15) is 31.2 Å². The van der Waals surface area contributed by atoms with E-state index in [1.165, 1.54) is 31.2 Å². The Morgan fingerprint density at radius 1 is 1.06 bits per heavy atom. The molecule has 2 aliphatic rings. The normalized spacial score (nSPS) is 29.2. The second kappa shape index (κ2) is 4.10. The Hall–Kier alpha value is -1.02. The van der Waals surface area contributed by atoms with E-state index in [0.29, 0.717) is 0 Å². The van der Waals surface area contributed by atoms with Crippen molar-refractivity contribution in [1.29, 1.82) is 0 Å². The average molecular weight is 217 g/mol. The van der Waals surface area contributed by atoms with Crippen LogP contribution in [0, 0.1) is 0 Å². The number of benzene rings is 1. The first-order chi connectivity index (χ1) is 7.88. The quantitative estimate of drug-likeness (QED) is 0.721. The van der Waals surface area contributed by atoms with Gasteiger partial charge in [0.2, 0.25) is 0 Å². The number of hydrogen-bond donors (Lipinski definition) is 1. The molecule has 16 heavy (non-hydrogen) atoms. The van der Waals surface area contributed by atoms with Crippen LogP contribution in [0.5, 0.6) is 5.75 Å². The summed E-state index contributed by atoms with van der Waals surface area (Å²) in [5.41, 5.74) is 1.50. The van der Waals surface area contributed by atoms with Crippen LogP contribution in [0.2, 0.25) is 0 Å². The van der Waals surface area contributed by atoms with Gasteiger partial charge in [-0.05, 0) is 56.8 Å². The van der Waals surface area contributed by atoms with Gasteiger partial charge in [0.1, 0.15) is 11.4 Å². The molecule has 2 aliphatic heterocycles. The van der Waals surface area contributed by atoms with E-state index in [-0.39, 0.29) is 5.60 Å². The lowest BCUT2D eigenvalue weighted by Crippen LogP contribution is -2.40. The number of para-hydroxylation sites is 1. The average Bonchev–Trinajstić information content (AvgIpc) is 2.55. The lowest BCUT2D eigenvalue weighted by molar-refractivity contribution is 0.0342. The van der Waals surface area contributed by atoms with Gasteiger partial charge in [0.25, 0.3) is 0 Å². The zero-order chi connectivity index (χ0) is 10.8. The first-order valence-corrected chi connectivity index (χ1v) is 6.36. The number of hydrogen-bond acceptors (Lipinski definition) is 2. The third-order valence-electron chi connectivity index (χ3n) is 3.89. The Balaban J connectivity index is 1.85. The zero-order valence-electron chi connectivity index (χ0n) is 9.67. The molecule has 0 amide bonds. The number of rotatable bonds is 0. The maximum atomic E-state index is 6.30. The minimum absolute atomic E-state index is 0.123. The van der Waals surface area contributed by atoms with E-state index >= 15 is 0 Å². The minimum atomic E-state index is 0.123. The van der Waals surface area contributed by atoms with Gasteiger partial charge in [-0.15, -0.1) is 0 Å². The monoisotopic (exact) mass is 217 g/mol. The molecule has 1 atom stereocenters. The van der Waals surface area contributed by atoms with Crippen LogP contribution in [0.15, 0.2) is 24.3 Å². The first kappa shape index (κ1) is 10.2. The maximum Gasteiger partial charge on any atom is 0.123 e. The molecule has 1 fully saturated rings.